The molecule has 0 saturated heterocycles. The standard InChI is InChI=1S/C17H8Cl2F3N5O2/c1-29-16(28)27(15-12(18)4-10(5-13(15)19)17(20,21)22)26-14(7-24)9-2-3-11(6-23)25-8-9/h2-5,8H,1H3. The molecule has 0 aliphatic carbocycles. The van der Waals surface area contributed by atoms with Gasteiger partial charge in [0.2, 0.25) is 0 Å². The van der Waals surface area contributed by atoms with Crippen LogP contribution in [0.15, 0.2) is 35.6 Å². The summed E-state index contributed by atoms with van der Waals surface area (Å²) in [5.74, 6) is 0. The summed E-state index contributed by atoms with van der Waals surface area (Å²) < 4.78 is 43.4. The number of amides is 1. The second-order valence-electron chi connectivity index (χ2n) is 5.17. The van der Waals surface area contributed by atoms with E-state index in [1.165, 1.54) is 12.1 Å². The zero-order chi connectivity index (χ0) is 21.8. The van der Waals surface area contributed by atoms with Gasteiger partial charge in [-0.3, -0.25) is 0 Å². The minimum Gasteiger partial charge on any atom is -0.451 e. The molecule has 1 aromatic carbocycles. The molecule has 0 saturated carbocycles. The Labute approximate surface area is 172 Å². The molecule has 0 aliphatic rings. The number of nitriles is 2. The average molecular weight is 442 g/mol. The number of carbonyl (C=O) groups excluding carboxylic acids is 1. The van der Waals surface area contributed by atoms with Gasteiger partial charge in [0.1, 0.15) is 23.5 Å². The van der Waals surface area contributed by atoms with Crippen LogP contribution in [0, 0.1) is 22.7 Å². The summed E-state index contributed by atoms with van der Waals surface area (Å²) in [4.78, 5) is 16.0. The van der Waals surface area contributed by atoms with Crippen molar-refractivity contribution in [2.24, 2.45) is 5.10 Å². The van der Waals surface area contributed by atoms with E-state index < -0.39 is 33.6 Å². The highest BCUT2D eigenvalue weighted by molar-refractivity contribution is 6.40. The van der Waals surface area contributed by atoms with Crippen LogP contribution in [0.1, 0.15) is 16.8 Å². The molecule has 0 bridgehead atoms. The predicted octanol–water partition coefficient (Wildman–Crippen LogP) is 4.78. The van der Waals surface area contributed by atoms with Gasteiger partial charge < -0.3 is 4.74 Å². The van der Waals surface area contributed by atoms with Crippen LogP contribution in [-0.2, 0) is 10.9 Å². The Morgan fingerprint density at radius 2 is 1.86 bits per heavy atom. The number of carbonyl (C=O) groups is 1. The lowest BCUT2D eigenvalue weighted by atomic mass is 10.2. The predicted molar refractivity (Wildman–Crippen MR) is 97.5 cm³/mol. The van der Waals surface area contributed by atoms with Crippen LogP contribution in [0.4, 0.5) is 23.7 Å². The minimum absolute atomic E-state index is 0.0738. The lowest BCUT2D eigenvalue weighted by Gasteiger charge is -2.20. The van der Waals surface area contributed by atoms with Gasteiger partial charge in [0.25, 0.3) is 0 Å². The first-order chi connectivity index (χ1) is 13.6. The van der Waals surface area contributed by atoms with Crippen LogP contribution >= 0.6 is 23.2 Å². The number of pyridine rings is 1. The maximum atomic E-state index is 12.9. The summed E-state index contributed by atoms with van der Waals surface area (Å²) in [6, 6.07) is 7.29. The van der Waals surface area contributed by atoms with Gasteiger partial charge in [-0.25, -0.2) is 9.78 Å². The maximum absolute atomic E-state index is 12.9. The highest BCUT2D eigenvalue weighted by Gasteiger charge is 2.33. The number of methoxy groups -OCH3 is 1. The molecule has 2 aromatic rings. The van der Waals surface area contributed by atoms with E-state index in [0.29, 0.717) is 17.1 Å². The average Bonchev–Trinajstić information content (AvgIpc) is 2.68. The van der Waals surface area contributed by atoms with Crippen LogP contribution in [0.25, 0.3) is 0 Å². The molecule has 148 valence electrons. The molecule has 0 atom stereocenters. The Bertz CT molecular complexity index is 1030. The topological polar surface area (TPSA) is 102 Å². The number of aromatic nitrogens is 1. The molecular weight excluding hydrogens is 434 g/mol. The molecule has 1 amide bonds. The second-order valence-corrected chi connectivity index (χ2v) is 5.99. The highest BCUT2D eigenvalue weighted by atomic mass is 35.5. The van der Waals surface area contributed by atoms with Crippen molar-refractivity contribution in [2.45, 2.75) is 6.18 Å². The molecule has 0 spiro atoms. The lowest BCUT2D eigenvalue weighted by Crippen LogP contribution is -2.28. The molecule has 0 N–H and O–H groups in total. The molecule has 0 radical (unpaired) electrons. The van der Waals surface area contributed by atoms with Crippen molar-refractivity contribution in [3.63, 3.8) is 0 Å². The summed E-state index contributed by atoms with van der Waals surface area (Å²) in [6.45, 7) is 0. The van der Waals surface area contributed by atoms with Gasteiger partial charge in [-0.2, -0.15) is 33.8 Å². The molecule has 1 aromatic heterocycles. The zero-order valence-electron chi connectivity index (χ0n) is 14.3. The Morgan fingerprint density at radius 1 is 1.24 bits per heavy atom. The monoisotopic (exact) mass is 441 g/mol. The number of hydrogen-bond acceptors (Lipinski definition) is 6. The molecular formula is C17H8Cl2F3N5O2. The zero-order valence-corrected chi connectivity index (χ0v) is 15.8. The van der Waals surface area contributed by atoms with Crippen molar-refractivity contribution >= 4 is 40.7 Å². The summed E-state index contributed by atoms with van der Waals surface area (Å²) in [6.07, 6.45) is -4.73. The van der Waals surface area contributed by atoms with Crippen molar-refractivity contribution in [1.82, 2.24) is 4.98 Å². The van der Waals surface area contributed by atoms with Crippen molar-refractivity contribution < 1.29 is 22.7 Å². The first-order valence-electron chi connectivity index (χ1n) is 7.42. The number of alkyl halides is 3. The van der Waals surface area contributed by atoms with E-state index in [4.69, 9.17) is 28.5 Å². The SMILES string of the molecule is COC(=O)N(N=C(C#N)c1ccc(C#N)nc1)c1c(Cl)cc(C(F)(F)F)cc1Cl. The third-order valence-electron chi connectivity index (χ3n) is 3.36. The maximum Gasteiger partial charge on any atom is 0.435 e. The van der Waals surface area contributed by atoms with Gasteiger partial charge in [-0.15, -0.1) is 0 Å². The summed E-state index contributed by atoms with van der Waals surface area (Å²) in [5.41, 5.74) is -1.71. The van der Waals surface area contributed by atoms with E-state index in [-0.39, 0.29) is 17.0 Å². The number of rotatable bonds is 3. The number of benzene rings is 1. The first-order valence-corrected chi connectivity index (χ1v) is 8.17. The Morgan fingerprint density at radius 3 is 2.28 bits per heavy atom. The van der Waals surface area contributed by atoms with Crippen molar-refractivity contribution in [1.29, 1.82) is 10.5 Å². The first kappa shape index (κ1) is 22.0. The fourth-order valence-electron chi connectivity index (χ4n) is 2.04. The van der Waals surface area contributed by atoms with Crippen molar-refractivity contribution in [2.75, 3.05) is 12.1 Å². The number of hydrogen-bond donors (Lipinski definition) is 0. The Hall–Kier alpha value is -3.34. The molecule has 2 rings (SSSR count). The van der Waals surface area contributed by atoms with E-state index in [1.54, 1.807) is 12.1 Å². The third-order valence-corrected chi connectivity index (χ3v) is 3.94. The van der Waals surface area contributed by atoms with Gasteiger partial charge in [0, 0.05) is 11.8 Å². The van der Waals surface area contributed by atoms with E-state index in [0.717, 1.165) is 13.3 Å². The van der Waals surface area contributed by atoms with Gasteiger partial charge in [-0.1, -0.05) is 23.2 Å². The van der Waals surface area contributed by atoms with E-state index in [1.807, 2.05) is 0 Å². The van der Waals surface area contributed by atoms with Crippen LogP contribution in [0.2, 0.25) is 10.0 Å². The van der Waals surface area contributed by atoms with Gasteiger partial charge in [0.15, 0.2) is 5.71 Å². The van der Waals surface area contributed by atoms with Crippen LogP contribution in [0.3, 0.4) is 0 Å². The number of halogens is 5. The van der Waals surface area contributed by atoms with Gasteiger partial charge >= 0.3 is 12.3 Å². The summed E-state index contributed by atoms with van der Waals surface area (Å²) in [7, 11) is 0.992. The quantitative estimate of drug-likeness (QED) is 0.503. The molecule has 0 unspecified atom stereocenters. The van der Waals surface area contributed by atoms with Crippen LogP contribution in [0.5, 0.6) is 0 Å². The van der Waals surface area contributed by atoms with Crippen molar-refractivity contribution in [3.05, 3.63) is 57.3 Å². The summed E-state index contributed by atoms with van der Waals surface area (Å²) in [5, 5.41) is 21.3. The van der Waals surface area contributed by atoms with Crippen LogP contribution < -0.4 is 5.01 Å². The number of anilines is 1. The third kappa shape index (κ3) is 4.93. The summed E-state index contributed by atoms with van der Waals surface area (Å²) >= 11 is 11.8. The highest BCUT2D eigenvalue weighted by Crippen LogP contribution is 2.40. The molecule has 12 heteroatoms. The lowest BCUT2D eigenvalue weighted by molar-refractivity contribution is -0.137. The Balaban J connectivity index is 2.63. The largest absolute Gasteiger partial charge is 0.451 e. The number of nitrogens with zero attached hydrogens (tertiary/aromatic N) is 5. The second kappa shape index (κ2) is 8.78. The van der Waals surface area contributed by atoms with E-state index in [2.05, 4.69) is 14.8 Å². The van der Waals surface area contributed by atoms with Gasteiger partial charge in [-0.05, 0) is 24.3 Å². The fraction of sp³-hybridized carbons (Fsp3) is 0.118. The Kier molecular flexibility index (Phi) is 6.64. The molecule has 7 nitrogen and oxygen atoms in total. The normalized spacial score (nSPS) is 11.4. The minimum atomic E-state index is -4.73. The number of ether oxygens (including phenoxy) is 1. The van der Waals surface area contributed by atoms with Crippen molar-refractivity contribution in [3.8, 4) is 12.1 Å². The molecule has 0 fully saturated rings. The van der Waals surface area contributed by atoms with E-state index in [9.17, 15) is 23.2 Å². The molecule has 1 heterocycles. The van der Waals surface area contributed by atoms with E-state index >= 15 is 0 Å². The van der Waals surface area contributed by atoms with Gasteiger partial charge in [0.05, 0.1) is 22.7 Å². The number of hydrazone groups is 1. The van der Waals surface area contributed by atoms with Crippen LogP contribution in [-0.4, -0.2) is 23.9 Å². The fourth-order valence-corrected chi connectivity index (χ4v) is 2.69. The smallest absolute Gasteiger partial charge is 0.435 e. The molecule has 0 aliphatic heterocycles. The molecule has 29 heavy (non-hydrogen) atoms.